The lowest BCUT2D eigenvalue weighted by Gasteiger charge is -2.11. The number of hydrogen-bond acceptors (Lipinski definition) is 0. The highest BCUT2D eigenvalue weighted by Crippen LogP contribution is 2.29. The van der Waals surface area contributed by atoms with Gasteiger partial charge in [0.05, 0.1) is 0 Å². The number of halogens is 1. The normalized spacial score (nSPS) is 11.8. The second kappa shape index (κ2) is 5.94. The largest absolute Gasteiger partial charge is 0.122 e. The molecule has 3 rings (SSSR count). The van der Waals surface area contributed by atoms with Crippen LogP contribution in [-0.4, -0.2) is 5.88 Å². The van der Waals surface area contributed by atoms with Gasteiger partial charge in [0.1, 0.15) is 0 Å². The highest BCUT2D eigenvalue weighted by molar-refractivity contribution is 6.19. The molecule has 1 heteroatoms. The van der Waals surface area contributed by atoms with E-state index in [4.69, 9.17) is 11.6 Å². The standard InChI is InChI=1S/C19H15Cl/c20-14-13-18(15-7-2-1-3-8-15)19-12-6-10-16-9-4-5-11-17(16)19/h1-13H,14H2/b18-13+. The van der Waals surface area contributed by atoms with E-state index >= 15 is 0 Å². The maximum atomic E-state index is 5.97. The smallest absolute Gasteiger partial charge is 0.0413 e. The first-order valence-corrected chi connectivity index (χ1v) is 7.23. The average Bonchev–Trinajstić information content (AvgIpc) is 2.53. The quantitative estimate of drug-likeness (QED) is 0.554. The summed E-state index contributed by atoms with van der Waals surface area (Å²) in [6.07, 6.45) is 2.08. The third kappa shape index (κ3) is 2.48. The summed E-state index contributed by atoms with van der Waals surface area (Å²) in [7, 11) is 0. The molecule has 0 heterocycles. The van der Waals surface area contributed by atoms with Crippen molar-refractivity contribution in [2.75, 3.05) is 5.88 Å². The van der Waals surface area contributed by atoms with Gasteiger partial charge in [-0.15, -0.1) is 11.6 Å². The van der Waals surface area contributed by atoms with Crippen LogP contribution in [-0.2, 0) is 0 Å². The van der Waals surface area contributed by atoms with Crippen LogP contribution in [0.2, 0.25) is 0 Å². The Bertz CT molecular complexity index is 737. The van der Waals surface area contributed by atoms with Crippen LogP contribution in [0.4, 0.5) is 0 Å². The van der Waals surface area contributed by atoms with Crippen LogP contribution in [0.1, 0.15) is 11.1 Å². The maximum Gasteiger partial charge on any atom is 0.0413 e. The summed E-state index contributed by atoms with van der Waals surface area (Å²) in [6, 6.07) is 25.3. The second-order valence-electron chi connectivity index (χ2n) is 4.66. The fourth-order valence-corrected chi connectivity index (χ4v) is 2.69. The molecule has 0 aliphatic rings. The Hall–Kier alpha value is -2.05. The van der Waals surface area contributed by atoms with Gasteiger partial charge in [-0.1, -0.05) is 78.9 Å². The second-order valence-corrected chi connectivity index (χ2v) is 4.97. The SMILES string of the molecule is ClC/C=C(\c1ccccc1)c1cccc2ccccc12. The molecule has 0 amide bonds. The van der Waals surface area contributed by atoms with Gasteiger partial charge in [0.15, 0.2) is 0 Å². The van der Waals surface area contributed by atoms with E-state index in [2.05, 4.69) is 72.8 Å². The third-order valence-electron chi connectivity index (χ3n) is 3.45. The Labute approximate surface area is 124 Å². The zero-order valence-electron chi connectivity index (χ0n) is 11.1. The number of fused-ring (bicyclic) bond motifs is 1. The van der Waals surface area contributed by atoms with Crippen LogP contribution in [0, 0.1) is 0 Å². The highest BCUT2D eigenvalue weighted by atomic mass is 35.5. The number of benzene rings is 3. The molecule has 0 unspecified atom stereocenters. The molecule has 0 nitrogen and oxygen atoms in total. The highest BCUT2D eigenvalue weighted by Gasteiger charge is 2.07. The van der Waals surface area contributed by atoms with E-state index in [-0.39, 0.29) is 0 Å². The Morgan fingerprint density at radius 2 is 1.50 bits per heavy atom. The summed E-state index contributed by atoms with van der Waals surface area (Å²) in [5.41, 5.74) is 3.62. The molecule has 0 saturated carbocycles. The van der Waals surface area contributed by atoms with Crippen molar-refractivity contribution in [3.8, 4) is 0 Å². The van der Waals surface area contributed by atoms with Crippen molar-refractivity contribution in [2.45, 2.75) is 0 Å². The molecule has 0 aliphatic carbocycles. The van der Waals surface area contributed by atoms with Crippen molar-refractivity contribution < 1.29 is 0 Å². The molecule has 0 N–H and O–H groups in total. The molecular formula is C19H15Cl. The van der Waals surface area contributed by atoms with Gasteiger partial charge < -0.3 is 0 Å². The summed E-state index contributed by atoms with van der Waals surface area (Å²) in [4.78, 5) is 0. The van der Waals surface area contributed by atoms with E-state index in [9.17, 15) is 0 Å². The molecule has 0 aliphatic heterocycles. The Balaban J connectivity index is 2.24. The first-order valence-electron chi connectivity index (χ1n) is 6.70. The Morgan fingerprint density at radius 1 is 0.800 bits per heavy atom. The Kier molecular flexibility index (Phi) is 3.85. The zero-order valence-corrected chi connectivity index (χ0v) is 11.8. The molecule has 0 radical (unpaired) electrons. The van der Waals surface area contributed by atoms with Crippen molar-refractivity contribution >= 4 is 27.9 Å². The van der Waals surface area contributed by atoms with Crippen molar-refractivity contribution in [1.29, 1.82) is 0 Å². The third-order valence-corrected chi connectivity index (χ3v) is 3.60. The lowest BCUT2D eigenvalue weighted by molar-refractivity contribution is 1.55. The summed E-state index contributed by atoms with van der Waals surface area (Å²) in [6.45, 7) is 0. The van der Waals surface area contributed by atoms with E-state index < -0.39 is 0 Å². The minimum Gasteiger partial charge on any atom is -0.122 e. The van der Waals surface area contributed by atoms with Gasteiger partial charge in [0.2, 0.25) is 0 Å². The van der Waals surface area contributed by atoms with Gasteiger partial charge >= 0.3 is 0 Å². The van der Waals surface area contributed by atoms with E-state index in [0.717, 1.165) is 0 Å². The van der Waals surface area contributed by atoms with Crippen molar-refractivity contribution in [1.82, 2.24) is 0 Å². The maximum absolute atomic E-state index is 5.97. The Morgan fingerprint density at radius 3 is 2.30 bits per heavy atom. The van der Waals surface area contributed by atoms with Crippen LogP contribution < -0.4 is 0 Å². The summed E-state index contributed by atoms with van der Waals surface area (Å²) in [5.74, 6) is 0.507. The lowest BCUT2D eigenvalue weighted by Crippen LogP contribution is -1.90. The molecule has 3 aromatic rings. The van der Waals surface area contributed by atoms with Crippen LogP contribution in [0.5, 0.6) is 0 Å². The number of rotatable bonds is 3. The molecule has 0 atom stereocenters. The van der Waals surface area contributed by atoms with E-state index in [1.807, 2.05) is 6.07 Å². The monoisotopic (exact) mass is 278 g/mol. The molecule has 3 aromatic carbocycles. The first kappa shape index (κ1) is 13.0. The van der Waals surface area contributed by atoms with Crippen LogP contribution in [0.25, 0.3) is 16.3 Å². The number of hydrogen-bond donors (Lipinski definition) is 0. The van der Waals surface area contributed by atoms with Crippen molar-refractivity contribution in [3.05, 3.63) is 90.0 Å². The minimum absolute atomic E-state index is 0.507. The van der Waals surface area contributed by atoms with E-state index in [1.54, 1.807) is 0 Å². The predicted molar refractivity (Wildman–Crippen MR) is 88.2 cm³/mol. The fraction of sp³-hybridized carbons (Fsp3) is 0.0526. The fourth-order valence-electron chi connectivity index (χ4n) is 2.54. The summed E-state index contributed by atoms with van der Waals surface area (Å²) >= 11 is 5.97. The van der Waals surface area contributed by atoms with Gasteiger partial charge in [-0.25, -0.2) is 0 Å². The number of alkyl halides is 1. The molecule has 98 valence electrons. The van der Waals surface area contributed by atoms with Gasteiger partial charge in [-0.3, -0.25) is 0 Å². The molecule has 0 spiro atoms. The topological polar surface area (TPSA) is 0 Å². The summed E-state index contributed by atoms with van der Waals surface area (Å²) in [5, 5.41) is 2.51. The molecule has 0 saturated heterocycles. The predicted octanol–water partition coefficient (Wildman–Crippen LogP) is 5.51. The van der Waals surface area contributed by atoms with E-state index in [1.165, 1.54) is 27.5 Å². The van der Waals surface area contributed by atoms with E-state index in [0.29, 0.717) is 5.88 Å². The molecule has 20 heavy (non-hydrogen) atoms. The van der Waals surface area contributed by atoms with Crippen LogP contribution >= 0.6 is 11.6 Å². The minimum atomic E-state index is 0.507. The molecule has 0 fully saturated rings. The first-order chi connectivity index (χ1) is 9.90. The molecular weight excluding hydrogens is 264 g/mol. The van der Waals surface area contributed by atoms with Gasteiger partial charge in [0.25, 0.3) is 0 Å². The van der Waals surface area contributed by atoms with Gasteiger partial charge in [0, 0.05) is 5.88 Å². The van der Waals surface area contributed by atoms with Gasteiger partial charge in [-0.2, -0.15) is 0 Å². The van der Waals surface area contributed by atoms with Gasteiger partial charge in [-0.05, 0) is 27.5 Å². The lowest BCUT2D eigenvalue weighted by atomic mass is 9.93. The van der Waals surface area contributed by atoms with Crippen molar-refractivity contribution in [2.24, 2.45) is 0 Å². The van der Waals surface area contributed by atoms with Crippen LogP contribution in [0.3, 0.4) is 0 Å². The summed E-state index contributed by atoms with van der Waals surface area (Å²) < 4.78 is 0. The van der Waals surface area contributed by atoms with Crippen molar-refractivity contribution in [3.63, 3.8) is 0 Å². The molecule has 0 bridgehead atoms. The average molecular weight is 279 g/mol. The number of allylic oxidation sites excluding steroid dienone is 1. The zero-order chi connectivity index (χ0) is 13.8. The van der Waals surface area contributed by atoms with Crippen LogP contribution in [0.15, 0.2) is 78.9 Å². The molecule has 0 aromatic heterocycles.